The van der Waals surface area contributed by atoms with Crippen LogP contribution < -0.4 is 10.4 Å². The molecule has 31 heavy (non-hydrogen) atoms. The van der Waals surface area contributed by atoms with Gasteiger partial charge in [-0.1, -0.05) is 35.9 Å². The van der Waals surface area contributed by atoms with Crippen molar-refractivity contribution in [1.29, 1.82) is 0 Å². The van der Waals surface area contributed by atoms with Crippen molar-refractivity contribution >= 4 is 22.5 Å². The van der Waals surface area contributed by atoms with E-state index >= 15 is 0 Å². The zero-order valence-electron chi connectivity index (χ0n) is 16.3. The van der Waals surface area contributed by atoms with Crippen LogP contribution >= 0.6 is 11.6 Å². The number of fused-ring (bicyclic) bond motifs is 1. The first kappa shape index (κ1) is 19.1. The largest absolute Gasteiger partial charge is 0.487 e. The molecule has 0 atom stereocenters. The monoisotopic (exact) mass is 428 g/mol. The van der Waals surface area contributed by atoms with Gasteiger partial charge in [0.25, 0.3) is 0 Å². The summed E-state index contributed by atoms with van der Waals surface area (Å²) in [6, 6.07) is 21.0. The molecule has 0 aliphatic heterocycles. The highest BCUT2D eigenvalue weighted by atomic mass is 35.5. The van der Waals surface area contributed by atoms with Crippen molar-refractivity contribution in [3.8, 4) is 28.3 Å². The first-order valence-electron chi connectivity index (χ1n) is 9.67. The molecule has 0 unspecified atom stereocenters. The topological polar surface area (TPSA) is 83.7 Å². The van der Waals surface area contributed by atoms with Crippen LogP contribution in [-0.4, -0.2) is 19.9 Å². The number of hydrogen-bond donors (Lipinski definition) is 2. The zero-order valence-corrected chi connectivity index (χ0v) is 17.1. The number of nitrogens with zero attached hydrogens (tertiary/aromatic N) is 2. The Morgan fingerprint density at radius 3 is 2.55 bits per heavy atom. The highest BCUT2D eigenvalue weighted by Gasteiger charge is 2.15. The lowest BCUT2D eigenvalue weighted by Gasteiger charge is -2.10. The van der Waals surface area contributed by atoms with Crippen molar-refractivity contribution in [2.45, 2.75) is 6.61 Å². The normalized spacial score (nSPS) is 11.0. The van der Waals surface area contributed by atoms with Gasteiger partial charge >= 0.3 is 5.69 Å². The van der Waals surface area contributed by atoms with Crippen LogP contribution in [0.4, 0.5) is 0 Å². The van der Waals surface area contributed by atoms with E-state index < -0.39 is 0 Å². The number of H-pyrrole nitrogens is 2. The number of benzene rings is 2. The van der Waals surface area contributed by atoms with E-state index in [4.69, 9.17) is 16.3 Å². The third kappa shape index (κ3) is 3.93. The molecule has 0 saturated carbocycles. The number of hydrogen-bond acceptors (Lipinski definition) is 4. The van der Waals surface area contributed by atoms with Crippen LogP contribution in [0.2, 0.25) is 5.02 Å². The summed E-state index contributed by atoms with van der Waals surface area (Å²) in [5, 5.41) is 1.55. The number of para-hydroxylation sites is 1. The van der Waals surface area contributed by atoms with Gasteiger partial charge in [0.05, 0.1) is 27.6 Å². The fourth-order valence-corrected chi connectivity index (χ4v) is 3.72. The van der Waals surface area contributed by atoms with Gasteiger partial charge in [0.2, 0.25) is 0 Å². The SMILES string of the molecule is O=c1[nH]c(-c2ccncc2)c(-c2ccc(OCc3ccc4ccccc4n3)cc2Cl)[nH]1. The van der Waals surface area contributed by atoms with Crippen LogP contribution in [0.25, 0.3) is 33.4 Å². The Morgan fingerprint density at radius 2 is 1.71 bits per heavy atom. The average molecular weight is 429 g/mol. The molecule has 6 nitrogen and oxygen atoms in total. The smallest absolute Gasteiger partial charge is 0.323 e. The lowest BCUT2D eigenvalue weighted by Crippen LogP contribution is -2.00. The van der Waals surface area contributed by atoms with Gasteiger partial charge in [0, 0.05) is 28.9 Å². The van der Waals surface area contributed by atoms with Crippen LogP contribution in [0.3, 0.4) is 0 Å². The molecule has 5 aromatic rings. The molecule has 0 amide bonds. The first-order valence-corrected chi connectivity index (χ1v) is 10.1. The van der Waals surface area contributed by atoms with Gasteiger partial charge in [0.15, 0.2) is 0 Å². The van der Waals surface area contributed by atoms with E-state index in [-0.39, 0.29) is 5.69 Å². The Bertz CT molecular complexity index is 1430. The standard InChI is InChI=1S/C24H17ClN4O2/c25-20-13-18(31-14-17-6-5-15-3-1-2-4-21(15)27-17)7-8-19(20)23-22(28-24(30)29-23)16-9-11-26-12-10-16/h1-13H,14H2,(H2,28,29,30). The van der Waals surface area contributed by atoms with Gasteiger partial charge < -0.3 is 14.7 Å². The summed E-state index contributed by atoms with van der Waals surface area (Å²) in [5.74, 6) is 0.618. The van der Waals surface area contributed by atoms with Crippen molar-refractivity contribution < 1.29 is 4.74 Å². The zero-order chi connectivity index (χ0) is 21.2. The lowest BCUT2D eigenvalue weighted by atomic mass is 10.1. The van der Waals surface area contributed by atoms with Crippen LogP contribution in [0.15, 0.2) is 83.9 Å². The van der Waals surface area contributed by atoms with Crippen molar-refractivity contribution in [3.63, 3.8) is 0 Å². The maximum absolute atomic E-state index is 12.0. The molecule has 0 aliphatic rings. The second-order valence-electron chi connectivity index (χ2n) is 6.99. The predicted octanol–water partition coefficient (Wildman–Crippen LogP) is 5.21. The summed E-state index contributed by atoms with van der Waals surface area (Å²) in [7, 11) is 0. The number of imidazole rings is 1. The average Bonchev–Trinajstić information content (AvgIpc) is 3.19. The van der Waals surface area contributed by atoms with Crippen molar-refractivity contribution in [1.82, 2.24) is 19.9 Å². The van der Waals surface area contributed by atoms with Gasteiger partial charge in [-0.05, 0) is 42.5 Å². The van der Waals surface area contributed by atoms with Crippen LogP contribution in [0.5, 0.6) is 5.75 Å². The fraction of sp³-hybridized carbons (Fsp3) is 0.0417. The molecule has 0 bridgehead atoms. The summed E-state index contributed by atoms with van der Waals surface area (Å²) >= 11 is 6.55. The first-order chi connectivity index (χ1) is 15.2. The number of nitrogens with one attached hydrogen (secondary N) is 2. The number of ether oxygens (including phenoxy) is 1. The molecule has 3 aromatic heterocycles. The van der Waals surface area contributed by atoms with Crippen LogP contribution in [0, 0.1) is 0 Å². The van der Waals surface area contributed by atoms with Gasteiger partial charge in [-0.2, -0.15) is 0 Å². The van der Waals surface area contributed by atoms with E-state index in [0.29, 0.717) is 34.3 Å². The number of aromatic amines is 2. The molecular weight excluding hydrogens is 412 g/mol. The Kier molecular flexibility index (Phi) is 4.98. The highest BCUT2D eigenvalue weighted by Crippen LogP contribution is 2.34. The van der Waals surface area contributed by atoms with Gasteiger partial charge in [0.1, 0.15) is 12.4 Å². The molecule has 5 rings (SSSR count). The number of aromatic nitrogens is 4. The molecule has 0 fully saturated rings. The fourth-order valence-electron chi connectivity index (χ4n) is 3.45. The summed E-state index contributed by atoms with van der Waals surface area (Å²) in [5.41, 5.74) is 4.25. The predicted molar refractivity (Wildman–Crippen MR) is 121 cm³/mol. The number of halogens is 1. The quantitative estimate of drug-likeness (QED) is 0.402. The molecule has 0 aliphatic carbocycles. The maximum Gasteiger partial charge on any atom is 0.323 e. The second kappa shape index (κ2) is 8.08. The van der Waals surface area contributed by atoms with Crippen molar-refractivity contribution in [2.24, 2.45) is 0 Å². The minimum Gasteiger partial charge on any atom is -0.487 e. The van der Waals surface area contributed by atoms with Gasteiger partial charge in [-0.15, -0.1) is 0 Å². The minimum atomic E-state index is -0.305. The Labute approximate surface area is 182 Å². The summed E-state index contributed by atoms with van der Waals surface area (Å²) in [6.45, 7) is 0.323. The summed E-state index contributed by atoms with van der Waals surface area (Å²) < 4.78 is 5.90. The molecule has 152 valence electrons. The maximum atomic E-state index is 12.0. The Morgan fingerprint density at radius 1 is 0.903 bits per heavy atom. The third-order valence-corrected chi connectivity index (χ3v) is 5.26. The van der Waals surface area contributed by atoms with E-state index in [1.54, 1.807) is 18.5 Å². The van der Waals surface area contributed by atoms with Crippen LogP contribution in [0.1, 0.15) is 5.69 Å². The van der Waals surface area contributed by atoms with Gasteiger partial charge in [-0.25, -0.2) is 9.78 Å². The van der Waals surface area contributed by atoms with E-state index in [1.165, 1.54) is 0 Å². The molecule has 0 spiro atoms. The summed E-state index contributed by atoms with van der Waals surface area (Å²) in [6.07, 6.45) is 3.34. The van der Waals surface area contributed by atoms with E-state index in [2.05, 4.69) is 19.9 Å². The molecule has 7 heteroatoms. The molecule has 2 aromatic carbocycles. The Balaban J connectivity index is 1.40. The molecule has 3 heterocycles. The highest BCUT2D eigenvalue weighted by molar-refractivity contribution is 6.33. The third-order valence-electron chi connectivity index (χ3n) is 4.95. The lowest BCUT2D eigenvalue weighted by molar-refractivity contribution is 0.302. The summed E-state index contributed by atoms with van der Waals surface area (Å²) in [4.78, 5) is 26.3. The number of pyridine rings is 2. The molecule has 2 N–H and O–H groups in total. The Hall–Kier alpha value is -3.90. The van der Waals surface area contributed by atoms with Crippen LogP contribution in [-0.2, 0) is 6.61 Å². The van der Waals surface area contributed by atoms with Crippen molar-refractivity contribution in [3.05, 3.63) is 100 Å². The number of rotatable bonds is 5. The van der Waals surface area contributed by atoms with E-state index in [1.807, 2.05) is 60.7 Å². The van der Waals surface area contributed by atoms with E-state index in [9.17, 15) is 4.79 Å². The van der Waals surface area contributed by atoms with Crippen molar-refractivity contribution in [2.75, 3.05) is 0 Å². The van der Waals surface area contributed by atoms with E-state index in [0.717, 1.165) is 22.2 Å². The van der Waals surface area contributed by atoms with Gasteiger partial charge in [-0.3, -0.25) is 4.98 Å². The molecule has 0 radical (unpaired) electrons. The second-order valence-corrected chi connectivity index (χ2v) is 7.40. The minimum absolute atomic E-state index is 0.305. The molecular formula is C24H17ClN4O2. The molecule has 0 saturated heterocycles.